The van der Waals surface area contributed by atoms with Crippen LogP contribution in [0, 0.1) is 10.1 Å². The van der Waals surface area contributed by atoms with Gasteiger partial charge >= 0.3 is 12.1 Å². The molecule has 0 aromatic heterocycles. The Morgan fingerprint density at radius 2 is 1.79 bits per heavy atom. The first-order valence-electron chi connectivity index (χ1n) is 9.97. The van der Waals surface area contributed by atoms with Gasteiger partial charge in [0.15, 0.2) is 5.03 Å². The first kappa shape index (κ1) is 27.6. The van der Waals surface area contributed by atoms with E-state index in [4.69, 9.17) is 16.2 Å². The minimum Gasteiger partial charge on any atom is -0.467 e. The summed E-state index contributed by atoms with van der Waals surface area (Å²) < 4.78 is 9.69. The lowest BCUT2D eigenvalue weighted by Gasteiger charge is -2.21. The molecule has 0 radical (unpaired) electrons. The number of primary amides is 1. The number of rotatable bonds is 13. The number of hydrogen-bond acceptors (Lipinski definition) is 9. The lowest BCUT2D eigenvalue weighted by molar-refractivity contribution is -0.525. The number of nitrogens with two attached hydrogens (primary N) is 2. The lowest BCUT2D eigenvalue weighted by atomic mass is 10.1. The zero-order valence-corrected chi connectivity index (χ0v) is 18.4. The van der Waals surface area contributed by atoms with Crippen molar-refractivity contribution in [1.29, 1.82) is 0 Å². The van der Waals surface area contributed by atoms with E-state index in [1.807, 2.05) is 0 Å². The molecular weight excluding hydrogens is 454 g/mol. The highest BCUT2D eigenvalue weighted by molar-refractivity contribution is 5.92. The van der Waals surface area contributed by atoms with Crippen LogP contribution in [0.2, 0.25) is 0 Å². The molecule has 7 N–H and O–H groups in total. The third-order valence-electron chi connectivity index (χ3n) is 4.17. The number of aliphatic imine (C=N–C) groups is 1. The molecule has 1 aromatic rings. The van der Waals surface area contributed by atoms with Gasteiger partial charge in [-0.05, 0) is 18.4 Å². The number of hydrazine groups is 1. The van der Waals surface area contributed by atoms with E-state index in [1.54, 1.807) is 35.8 Å². The zero-order chi connectivity index (χ0) is 25.5. The van der Waals surface area contributed by atoms with Crippen molar-refractivity contribution >= 4 is 29.8 Å². The first-order chi connectivity index (χ1) is 16.1. The van der Waals surface area contributed by atoms with Gasteiger partial charge in [0.25, 0.3) is 5.96 Å². The van der Waals surface area contributed by atoms with Crippen LogP contribution in [-0.2, 0) is 30.5 Å². The highest BCUT2D eigenvalue weighted by atomic mass is 16.7. The lowest BCUT2D eigenvalue weighted by Crippen LogP contribution is -2.53. The van der Waals surface area contributed by atoms with E-state index in [9.17, 15) is 29.3 Å². The van der Waals surface area contributed by atoms with Gasteiger partial charge in [-0.15, -0.1) is 0 Å². The summed E-state index contributed by atoms with van der Waals surface area (Å²) in [5.74, 6) is -2.97. The van der Waals surface area contributed by atoms with Gasteiger partial charge in [0, 0.05) is 6.54 Å². The van der Waals surface area contributed by atoms with Crippen molar-refractivity contribution in [3.63, 3.8) is 0 Å². The number of nitrogens with one attached hydrogen (secondary N) is 3. The van der Waals surface area contributed by atoms with E-state index in [-0.39, 0.29) is 26.0 Å². The Morgan fingerprint density at radius 3 is 2.38 bits per heavy atom. The molecule has 186 valence electrons. The van der Waals surface area contributed by atoms with Gasteiger partial charge < -0.3 is 31.6 Å². The largest absolute Gasteiger partial charge is 0.467 e. The summed E-state index contributed by atoms with van der Waals surface area (Å²) in [6.07, 6.45) is -1.31. The zero-order valence-electron chi connectivity index (χ0n) is 18.4. The van der Waals surface area contributed by atoms with Crippen molar-refractivity contribution in [1.82, 2.24) is 16.1 Å². The van der Waals surface area contributed by atoms with Crippen LogP contribution in [0.25, 0.3) is 0 Å². The minimum atomic E-state index is -1.41. The number of carbonyl (C=O) groups excluding carboxylic acids is 4. The highest BCUT2D eigenvalue weighted by Crippen LogP contribution is 2.04. The van der Waals surface area contributed by atoms with Crippen LogP contribution in [0.4, 0.5) is 4.79 Å². The molecule has 0 saturated carbocycles. The molecule has 0 fully saturated rings. The summed E-state index contributed by atoms with van der Waals surface area (Å²) in [6.45, 7) is -0.0673. The summed E-state index contributed by atoms with van der Waals surface area (Å²) in [5, 5.41) is 14.0. The molecular formula is C19H27N7O8. The molecule has 0 unspecified atom stereocenters. The maximum Gasteiger partial charge on any atom is 0.408 e. The van der Waals surface area contributed by atoms with Crippen molar-refractivity contribution in [2.75, 3.05) is 13.7 Å². The fourth-order valence-electron chi connectivity index (χ4n) is 2.60. The Hall–Kier alpha value is -4.43. The van der Waals surface area contributed by atoms with Crippen LogP contribution in [-0.4, -0.2) is 60.6 Å². The van der Waals surface area contributed by atoms with Gasteiger partial charge in [-0.25, -0.2) is 24.7 Å². The van der Waals surface area contributed by atoms with Gasteiger partial charge in [0.2, 0.25) is 11.8 Å². The summed E-state index contributed by atoms with van der Waals surface area (Å²) in [6, 6.07) is 6.19. The topological polar surface area (TPSA) is 230 Å². The summed E-state index contributed by atoms with van der Waals surface area (Å²) in [5.41, 5.74) is 12.8. The molecule has 0 aliphatic carbocycles. The second-order valence-corrected chi connectivity index (χ2v) is 6.79. The Morgan fingerprint density at radius 1 is 1.12 bits per heavy atom. The molecule has 15 heteroatoms. The quantitative estimate of drug-likeness (QED) is 0.0557. The van der Waals surface area contributed by atoms with Crippen LogP contribution in [0.5, 0.6) is 0 Å². The second kappa shape index (κ2) is 14.6. The molecule has 0 spiro atoms. The SMILES string of the molecule is COC(=O)[C@H](CCCN=C(N)N[N+](=O)[O-])NC(=O)[C@H](CC(N)=O)NC(=O)OCc1ccccc1. The average Bonchev–Trinajstić information content (AvgIpc) is 2.78. The van der Waals surface area contributed by atoms with Crippen LogP contribution in [0.15, 0.2) is 35.3 Å². The van der Waals surface area contributed by atoms with Crippen LogP contribution < -0.4 is 27.5 Å². The van der Waals surface area contributed by atoms with E-state index in [1.165, 1.54) is 0 Å². The third kappa shape index (κ3) is 11.3. The smallest absolute Gasteiger partial charge is 0.408 e. The maximum absolute atomic E-state index is 12.7. The first-order valence-corrected chi connectivity index (χ1v) is 9.97. The number of amides is 3. The number of nitrogens with zero attached hydrogens (tertiary/aromatic N) is 2. The number of benzene rings is 1. The number of guanidine groups is 1. The number of methoxy groups -OCH3 is 1. The Labute approximate surface area is 194 Å². The summed E-state index contributed by atoms with van der Waals surface area (Å²) >= 11 is 0. The number of esters is 1. The van der Waals surface area contributed by atoms with Crippen molar-refractivity contribution in [2.24, 2.45) is 16.5 Å². The molecule has 1 aromatic carbocycles. The molecule has 34 heavy (non-hydrogen) atoms. The predicted octanol–water partition coefficient (Wildman–Crippen LogP) is -1.31. The van der Waals surface area contributed by atoms with E-state index in [0.29, 0.717) is 5.56 Å². The standard InChI is InChI=1S/C19H27N7O8/c1-33-17(29)13(8-5-9-22-18(21)25-26(31)32)23-16(28)14(10-15(20)27)24-19(30)34-11-12-6-3-2-4-7-12/h2-4,6-7,13-14H,5,8-11H2,1H3,(H2,20,27)(H,23,28)(H,24,30)(H3,21,22,25)/t13-,14-/m0/s1. The van der Waals surface area contributed by atoms with Crippen LogP contribution >= 0.6 is 0 Å². The van der Waals surface area contributed by atoms with Crippen molar-refractivity contribution in [3.05, 3.63) is 46.0 Å². The Balaban J connectivity index is 2.71. The van der Waals surface area contributed by atoms with Gasteiger partial charge in [-0.2, -0.15) is 0 Å². The van der Waals surface area contributed by atoms with Gasteiger partial charge in [-0.3, -0.25) is 9.59 Å². The number of ether oxygens (including phenoxy) is 2. The number of nitro groups is 1. The average molecular weight is 481 g/mol. The molecule has 3 amide bonds. The number of hydrogen-bond donors (Lipinski definition) is 5. The van der Waals surface area contributed by atoms with Crippen molar-refractivity contribution < 1.29 is 33.7 Å². The maximum atomic E-state index is 12.7. The molecule has 1 rings (SSSR count). The second-order valence-electron chi connectivity index (χ2n) is 6.79. The Bertz CT molecular complexity index is 894. The van der Waals surface area contributed by atoms with Gasteiger partial charge in [0.05, 0.1) is 13.5 Å². The van der Waals surface area contributed by atoms with Gasteiger partial charge in [0.1, 0.15) is 18.7 Å². The molecule has 0 saturated heterocycles. The highest BCUT2D eigenvalue weighted by Gasteiger charge is 2.28. The fraction of sp³-hybridized carbons (Fsp3) is 0.421. The van der Waals surface area contributed by atoms with Gasteiger partial charge in [-0.1, -0.05) is 35.8 Å². The van der Waals surface area contributed by atoms with E-state index in [0.717, 1.165) is 7.11 Å². The Kier molecular flexibility index (Phi) is 11.9. The number of alkyl carbamates (subject to hydrolysis) is 1. The van der Waals surface area contributed by atoms with Crippen LogP contribution in [0.3, 0.4) is 0 Å². The third-order valence-corrected chi connectivity index (χ3v) is 4.17. The normalized spacial score (nSPS) is 12.6. The molecule has 15 nitrogen and oxygen atoms in total. The predicted molar refractivity (Wildman–Crippen MR) is 117 cm³/mol. The monoisotopic (exact) mass is 481 g/mol. The van der Waals surface area contributed by atoms with E-state index in [2.05, 4.69) is 20.4 Å². The molecule has 0 bridgehead atoms. The molecule has 0 aliphatic heterocycles. The fourth-order valence-corrected chi connectivity index (χ4v) is 2.60. The van der Waals surface area contributed by atoms with E-state index >= 15 is 0 Å². The summed E-state index contributed by atoms with van der Waals surface area (Å²) in [4.78, 5) is 62.2. The van der Waals surface area contributed by atoms with Crippen LogP contribution in [0.1, 0.15) is 24.8 Å². The number of carbonyl (C=O) groups is 4. The minimum absolute atomic E-state index is 0.00478. The van der Waals surface area contributed by atoms with Crippen molar-refractivity contribution in [3.8, 4) is 0 Å². The summed E-state index contributed by atoms with van der Waals surface area (Å²) in [7, 11) is 1.11. The van der Waals surface area contributed by atoms with Crippen molar-refractivity contribution in [2.45, 2.75) is 38.0 Å². The molecule has 2 atom stereocenters. The molecule has 0 heterocycles. The van der Waals surface area contributed by atoms with E-state index < -0.39 is 53.4 Å². The molecule has 0 aliphatic rings.